The Balaban J connectivity index is 1.79. The zero-order chi connectivity index (χ0) is 30.7. The van der Waals surface area contributed by atoms with Crippen LogP contribution in [-0.2, 0) is 19.7 Å². The first kappa shape index (κ1) is 31.5. The SMILES string of the molecule is C[C@@H]1C[C@H](C(=O)N(c2ccc(C(C)(C)C)cc2)C(C(=O)NC2CCCCC2)c2cccnc2)N(C(=O)OC(C)(C)C)C1. The van der Waals surface area contributed by atoms with Crippen molar-refractivity contribution in [1.82, 2.24) is 15.2 Å². The summed E-state index contributed by atoms with van der Waals surface area (Å²) in [6.45, 7) is 14.3. The van der Waals surface area contributed by atoms with Gasteiger partial charge in [0.25, 0.3) is 5.91 Å². The van der Waals surface area contributed by atoms with E-state index in [9.17, 15) is 14.4 Å². The van der Waals surface area contributed by atoms with Gasteiger partial charge >= 0.3 is 6.09 Å². The number of amides is 3. The fourth-order valence-corrected chi connectivity index (χ4v) is 5.97. The van der Waals surface area contributed by atoms with Gasteiger partial charge in [-0.25, -0.2) is 4.79 Å². The maximum absolute atomic E-state index is 14.7. The highest BCUT2D eigenvalue weighted by Gasteiger charge is 2.45. The Morgan fingerprint density at radius 2 is 1.67 bits per heavy atom. The number of carbonyl (C=O) groups is 3. The van der Waals surface area contributed by atoms with Crippen molar-refractivity contribution >= 4 is 23.6 Å². The van der Waals surface area contributed by atoms with Gasteiger partial charge in [-0.15, -0.1) is 0 Å². The van der Waals surface area contributed by atoms with E-state index in [0.717, 1.165) is 31.2 Å². The van der Waals surface area contributed by atoms with Gasteiger partial charge in [-0.1, -0.05) is 65.2 Å². The first-order valence-electron chi connectivity index (χ1n) is 15.4. The molecule has 0 bridgehead atoms. The lowest BCUT2D eigenvalue weighted by molar-refractivity contribution is -0.129. The number of likely N-dealkylation sites (tertiary alicyclic amines) is 1. The topological polar surface area (TPSA) is 91.8 Å². The highest BCUT2D eigenvalue weighted by Crippen LogP contribution is 2.35. The second-order valence-electron chi connectivity index (χ2n) is 14.0. The highest BCUT2D eigenvalue weighted by molar-refractivity contribution is 6.04. The number of rotatable bonds is 6. The normalized spacial score (nSPS) is 20.6. The molecule has 1 aromatic carbocycles. The van der Waals surface area contributed by atoms with Crippen LogP contribution in [0, 0.1) is 5.92 Å². The molecule has 228 valence electrons. The van der Waals surface area contributed by atoms with Crippen LogP contribution < -0.4 is 10.2 Å². The smallest absolute Gasteiger partial charge is 0.410 e. The van der Waals surface area contributed by atoms with Crippen LogP contribution in [0.15, 0.2) is 48.8 Å². The molecule has 1 saturated carbocycles. The summed E-state index contributed by atoms with van der Waals surface area (Å²) in [4.78, 5) is 49.7. The van der Waals surface area contributed by atoms with E-state index >= 15 is 0 Å². The van der Waals surface area contributed by atoms with Gasteiger partial charge in [0, 0.05) is 36.2 Å². The summed E-state index contributed by atoms with van der Waals surface area (Å²) in [5.74, 6) is -0.441. The summed E-state index contributed by atoms with van der Waals surface area (Å²) in [6, 6.07) is 9.81. The van der Waals surface area contributed by atoms with E-state index in [-0.39, 0.29) is 29.2 Å². The molecule has 3 amide bonds. The molecule has 2 aliphatic rings. The van der Waals surface area contributed by atoms with Gasteiger partial charge in [0.05, 0.1) is 0 Å². The summed E-state index contributed by atoms with van der Waals surface area (Å²) in [5, 5.41) is 3.26. The largest absolute Gasteiger partial charge is 0.444 e. The van der Waals surface area contributed by atoms with Crippen molar-refractivity contribution < 1.29 is 19.1 Å². The minimum Gasteiger partial charge on any atom is -0.444 e. The van der Waals surface area contributed by atoms with Gasteiger partial charge in [-0.3, -0.25) is 24.4 Å². The molecule has 42 heavy (non-hydrogen) atoms. The Morgan fingerprint density at radius 1 is 1.00 bits per heavy atom. The van der Waals surface area contributed by atoms with Gasteiger partial charge in [0.2, 0.25) is 5.91 Å². The zero-order valence-corrected chi connectivity index (χ0v) is 26.4. The summed E-state index contributed by atoms with van der Waals surface area (Å²) in [6.07, 6.45) is 8.44. The van der Waals surface area contributed by atoms with E-state index in [1.54, 1.807) is 23.4 Å². The third kappa shape index (κ3) is 7.69. The molecule has 2 heterocycles. The average Bonchev–Trinajstić information content (AvgIpc) is 3.33. The van der Waals surface area contributed by atoms with Crippen LogP contribution in [-0.4, -0.2) is 52.0 Å². The second kappa shape index (κ2) is 12.8. The molecule has 2 aromatic rings. The number of hydrogen-bond donors (Lipinski definition) is 1. The number of benzene rings is 1. The number of hydrogen-bond acceptors (Lipinski definition) is 5. The van der Waals surface area contributed by atoms with Crippen molar-refractivity contribution in [2.75, 3.05) is 11.4 Å². The van der Waals surface area contributed by atoms with Gasteiger partial charge in [0.15, 0.2) is 0 Å². The predicted octanol–water partition coefficient (Wildman–Crippen LogP) is 6.55. The third-order valence-corrected chi connectivity index (χ3v) is 8.13. The standard InChI is InChI=1S/C34H48N4O4/c1-23-20-28(37(22-23)32(41)42-34(5,6)7)31(40)38(27-17-15-25(16-18-27)33(2,3)4)29(24-12-11-19-35-21-24)30(39)36-26-13-9-8-10-14-26/h11-12,15-19,21,23,26,28-29H,8-10,13-14,20,22H2,1-7H3,(H,36,39)/t23-,28-,29?/m1/s1. The molecule has 1 aliphatic heterocycles. The van der Waals surface area contributed by atoms with Crippen molar-refractivity contribution in [3.8, 4) is 0 Å². The Hall–Kier alpha value is -3.42. The van der Waals surface area contributed by atoms with Gasteiger partial charge in [-0.2, -0.15) is 0 Å². The Labute approximate surface area is 251 Å². The molecule has 1 unspecified atom stereocenters. The monoisotopic (exact) mass is 576 g/mol. The molecular weight excluding hydrogens is 528 g/mol. The molecule has 2 fully saturated rings. The quantitative estimate of drug-likeness (QED) is 0.421. The number of ether oxygens (including phenoxy) is 1. The van der Waals surface area contributed by atoms with Crippen LogP contribution in [0.25, 0.3) is 0 Å². The van der Waals surface area contributed by atoms with Crippen LogP contribution >= 0.6 is 0 Å². The van der Waals surface area contributed by atoms with Gasteiger partial charge < -0.3 is 10.1 Å². The fraction of sp³-hybridized carbons (Fsp3) is 0.588. The lowest BCUT2D eigenvalue weighted by atomic mass is 9.87. The van der Waals surface area contributed by atoms with Crippen molar-refractivity contribution in [2.45, 2.75) is 116 Å². The Morgan fingerprint density at radius 3 is 2.24 bits per heavy atom. The van der Waals surface area contributed by atoms with E-state index in [2.05, 4.69) is 31.1 Å². The first-order chi connectivity index (χ1) is 19.7. The van der Waals surface area contributed by atoms with E-state index in [1.165, 1.54) is 11.3 Å². The van der Waals surface area contributed by atoms with Gasteiger partial charge in [0.1, 0.15) is 17.7 Å². The van der Waals surface area contributed by atoms with Crippen molar-refractivity contribution in [2.24, 2.45) is 5.92 Å². The Kier molecular flexibility index (Phi) is 9.63. The van der Waals surface area contributed by atoms with E-state index < -0.39 is 23.8 Å². The average molecular weight is 577 g/mol. The number of aromatic nitrogens is 1. The van der Waals surface area contributed by atoms with Crippen LogP contribution in [0.3, 0.4) is 0 Å². The molecule has 1 aromatic heterocycles. The van der Waals surface area contributed by atoms with Gasteiger partial charge in [-0.05, 0) is 75.1 Å². The maximum atomic E-state index is 14.7. The third-order valence-electron chi connectivity index (χ3n) is 8.13. The molecule has 4 rings (SSSR count). The van der Waals surface area contributed by atoms with E-state index in [1.807, 2.05) is 58.0 Å². The molecule has 1 N–H and O–H groups in total. The summed E-state index contributed by atoms with van der Waals surface area (Å²) < 4.78 is 5.71. The molecule has 1 saturated heterocycles. The van der Waals surface area contributed by atoms with Crippen LogP contribution in [0.2, 0.25) is 0 Å². The maximum Gasteiger partial charge on any atom is 0.410 e. The lowest BCUT2D eigenvalue weighted by Gasteiger charge is -2.37. The van der Waals surface area contributed by atoms with E-state index in [0.29, 0.717) is 24.2 Å². The Bertz CT molecular complexity index is 1230. The lowest BCUT2D eigenvalue weighted by Crippen LogP contribution is -2.53. The molecule has 8 heteroatoms. The summed E-state index contributed by atoms with van der Waals surface area (Å²) >= 11 is 0. The number of anilines is 1. The molecule has 8 nitrogen and oxygen atoms in total. The number of pyridine rings is 1. The van der Waals surface area contributed by atoms with Crippen molar-refractivity contribution in [3.63, 3.8) is 0 Å². The number of carbonyl (C=O) groups excluding carboxylic acids is 3. The van der Waals surface area contributed by atoms with Crippen molar-refractivity contribution in [1.29, 1.82) is 0 Å². The highest BCUT2D eigenvalue weighted by atomic mass is 16.6. The summed E-state index contributed by atoms with van der Waals surface area (Å²) in [5.41, 5.74) is 1.56. The molecule has 3 atom stereocenters. The van der Waals surface area contributed by atoms with Crippen molar-refractivity contribution in [3.05, 3.63) is 59.9 Å². The first-order valence-corrected chi connectivity index (χ1v) is 15.4. The number of nitrogens with zero attached hydrogens (tertiary/aromatic N) is 3. The molecule has 0 radical (unpaired) electrons. The minimum atomic E-state index is -0.954. The fourth-order valence-electron chi connectivity index (χ4n) is 5.97. The van der Waals surface area contributed by atoms with E-state index in [4.69, 9.17) is 4.74 Å². The molecule has 0 spiro atoms. The van der Waals surface area contributed by atoms with Crippen LogP contribution in [0.4, 0.5) is 10.5 Å². The molecular formula is C34H48N4O4. The second-order valence-corrected chi connectivity index (χ2v) is 14.0. The van der Waals surface area contributed by atoms with Crippen LogP contribution in [0.1, 0.15) is 104 Å². The van der Waals surface area contributed by atoms with Crippen LogP contribution in [0.5, 0.6) is 0 Å². The molecule has 1 aliphatic carbocycles. The predicted molar refractivity (Wildman–Crippen MR) is 165 cm³/mol. The minimum absolute atomic E-state index is 0.0652. The summed E-state index contributed by atoms with van der Waals surface area (Å²) in [7, 11) is 0. The number of nitrogens with one attached hydrogen (secondary N) is 1. The zero-order valence-electron chi connectivity index (χ0n) is 26.4.